The molecule has 4 rings (SSSR count). The highest BCUT2D eigenvalue weighted by atomic mass is 19.4. The van der Waals surface area contributed by atoms with Gasteiger partial charge in [-0.05, 0) is 61.8 Å². The summed E-state index contributed by atoms with van der Waals surface area (Å²) in [5.74, 6) is -0.434. The summed E-state index contributed by atoms with van der Waals surface area (Å²) in [4.78, 5) is 14.7. The number of aliphatic hydroxyl groups is 1. The first-order valence-electron chi connectivity index (χ1n) is 10.9. The summed E-state index contributed by atoms with van der Waals surface area (Å²) >= 11 is 0. The fourth-order valence-electron chi connectivity index (χ4n) is 4.10. The number of fused-ring (bicyclic) bond motifs is 1. The van der Waals surface area contributed by atoms with Gasteiger partial charge in [-0.1, -0.05) is 6.07 Å². The second-order valence-electron chi connectivity index (χ2n) is 8.25. The molecule has 2 unspecified atom stereocenters. The number of alkyl halides is 3. The molecule has 0 spiro atoms. The first-order valence-corrected chi connectivity index (χ1v) is 10.9. The van der Waals surface area contributed by atoms with Crippen molar-refractivity contribution in [2.75, 3.05) is 38.2 Å². The van der Waals surface area contributed by atoms with Gasteiger partial charge in [-0.15, -0.1) is 0 Å². The van der Waals surface area contributed by atoms with Gasteiger partial charge < -0.3 is 30.1 Å². The minimum Gasteiger partial charge on any atom is -0.486 e. The van der Waals surface area contributed by atoms with Crippen LogP contribution in [0.15, 0.2) is 36.4 Å². The molecule has 2 heterocycles. The van der Waals surface area contributed by atoms with Crippen molar-refractivity contribution in [3.05, 3.63) is 53.3 Å². The Morgan fingerprint density at radius 1 is 1.06 bits per heavy atom. The number of rotatable bonds is 6. The monoisotopic (exact) mass is 483 g/mol. The second-order valence-corrected chi connectivity index (χ2v) is 8.25. The number of urea groups is 1. The van der Waals surface area contributed by atoms with Crippen molar-refractivity contribution in [3.63, 3.8) is 0 Å². The van der Waals surface area contributed by atoms with Crippen molar-refractivity contribution >= 4 is 11.7 Å². The SMILES string of the molecule is O=C(Nc1ccc(C(F)(F)F)c(F)c1)NC(CN1CCCC1)C(O)c1ccc2c(c1)OCCO2. The van der Waals surface area contributed by atoms with Crippen LogP contribution in [0.25, 0.3) is 0 Å². The van der Waals surface area contributed by atoms with Crippen molar-refractivity contribution < 1.29 is 36.9 Å². The number of aliphatic hydroxyl groups excluding tert-OH is 1. The molecule has 1 saturated heterocycles. The molecule has 0 radical (unpaired) electrons. The first-order chi connectivity index (χ1) is 16.2. The minimum atomic E-state index is -4.83. The Balaban J connectivity index is 1.48. The van der Waals surface area contributed by atoms with Crippen LogP contribution < -0.4 is 20.1 Å². The average Bonchev–Trinajstić information content (AvgIpc) is 3.30. The molecule has 184 valence electrons. The van der Waals surface area contributed by atoms with Gasteiger partial charge in [-0.3, -0.25) is 0 Å². The Morgan fingerprint density at radius 3 is 2.44 bits per heavy atom. The van der Waals surface area contributed by atoms with Crippen molar-refractivity contribution in [2.45, 2.75) is 31.2 Å². The van der Waals surface area contributed by atoms with Crippen LogP contribution in [0.3, 0.4) is 0 Å². The van der Waals surface area contributed by atoms with Gasteiger partial charge in [0.25, 0.3) is 0 Å². The third kappa shape index (κ3) is 5.71. The van der Waals surface area contributed by atoms with E-state index >= 15 is 0 Å². The Labute approximate surface area is 193 Å². The third-order valence-corrected chi connectivity index (χ3v) is 5.79. The highest BCUT2D eigenvalue weighted by molar-refractivity contribution is 5.89. The molecule has 11 heteroatoms. The molecule has 2 aliphatic heterocycles. The quantitative estimate of drug-likeness (QED) is 0.543. The van der Waals surface area contributed by atoms with Crippen LogP contribution in [0.4, 0.5) is 28.0 Å². The number of amides is 2. The molecule has 0 aliphatic carbocycles. The van der Waals surface area contributed by atoms with Gasteiger partial charge in [0.2, 0.25) is 0 Å². The second kappa shape index (κ2) is 10.1. The number of likely N-dealkylation sites (tertiary alicyclic amines) is 1. The summed E-state index contributed by atoms with van der Waals surface area (Å²) in [5, 5.41) is 16.1. The van der Waals surface area contributed by atoms with Gasteiger partial charge in [-0.2, -0.15) is 13.2 Å². The number of carbonyl (C=O) groups excluding carboxylic acids is 1. The van der Waals surface area contributed by atoms with Crippen LogP contribution in [0, 0.1) is 5.82 Å². The Morgan fingerprint density at radius 2 is 1.76 bits per heavy atom. The molecule has 1 fully saturated rings. The molecule has 2 aromatic rings. The molecule has 0 bridgehead atoms. The van der Waals surface area contributed by atoms with Gasteiger partial charge >= 0.3 is 12.2 Å². The van der Waals surface area contributed by atoms with Gasteiger partial charge in [0.15, 0.2) is 11.5 Å². The molecular weight excluding hydrogens is 458 g/mol. The molecule has 7 nitrogen and oxygen atoms in total. The largest absolute Gasteiger partial charge is 0.486 e. The first kappa shape index (κ1) is 24.1. The van der Waals surface area contributed by atoms with Gasteiger partial charge in [0, 0.05) is 12.2 Å². The normalized spacial score (nSPS) is 17.8. The number of hydrogen-bond donors (Lipinski definition) is 3. The van der Waals surface area contributed by atoms with Crippen LogP contribution >= 0.6 is 0 Å². The molecule has 2 amide bonds. The zero-order valence-corrected chi connectivity index (χ0v) is 18.2. The lowest BCUT2D eigenvalue weighted by Gasteiger charge is -2.29. The molecule has 2 atom stereocenters. The topological polar surface area (TPSA) is 83.1 Å². The Bertz CT molecular complexity index is 1030. The highest BCUT2D eigenvalue weighted by Crippen LogP contribution is 2.34. The molecule has 0 saturated carbocycles. The van der Waals surface area contributed by atoms with Gasteiger partial charge in [0.05, 0.1) is 11.6 Å². The lowest BCUT2D eigenvalue weighted by molar-refractivity contribution is -0.139. The van der Waals surface area contributed by atoms with E-state index in [1.807, 2.05) is 0 Å². The molecule has 2 aliphatic rings. The number of benzene rings is 2. The number of hydrogen-bond acceptors (Lipinski definition) is 5. The Hall–Kier alpha value is -3.05. The van der Waals surface area contributed by atoms with Crippen molar-refractivity contribution in [3.8, 4) is 11.5 Å². The smallest absolute Gasteiger partial charge is 0.419 e. The lowest BCUT2D eigenvalue weighted by Crippen LogP contribution is -2.48. The maximum atomic E-state index is 13.9. The third-order valence-electron chi connectivity index (χ3n) is 5.79. The minimum absolute atomic E-state index is 0.142. The van der Waals surface area contributed by atoms with Crippen LogP contribution in [0.1, 0.15) is 30.1 Å². The maximum absolute atomic E-state index is 13.9. The van der Waals surface area contributed by atoms with E-state index in [1.54, 1.807) is 18.2 Å². The summed E-state index contributed by atoms with van der Waals surface area (Å²) in [5.41, 5.74) is -1.05. The predicted molar refractivity (Wildman–Crippen MR) is 115 cm³/mol. The number of nitrogens with zero attached hydrogens (tertiary/aromatic N) is 1. The predicted octanol–water partition coefficient (Wildman–Crippen LogP) is 3.94. The molecule has 0 aromatic heterocycles. The molecular formula is C23H25F4N3O4. The Kier molecular flexibility index (Phi) is 7.13. The molecule has 2 aromatic carbocycles. The number of carbonyl (C=O) groups is 1. The summed E-state index contributed by atoms with van der Waals surface area (Å²) in [6, 6.07) is 5.63. The zero-order valence-electron chi connectivity index (χ0n) is 18.2. The average molecular weight is 483 g/mol. The number of anilines is 1. The molecule has 3 N–H and O–H groups in total. The summed E-state index contributed by atoms with van der Waals surface area (Å²) in [6.45, 7) is 2.80. The van der Waals surface area contributed by atoms with E-state index in [0.717, 1.165) is 32.0 Å². The van der Waals surface area contributed by atoms with E-state index in [9.17, 15) is 27.5 Å². The molecule has 34 heavy (non-hydrogen) atoms. The standard InChI is InChI=1S/C23H25F4N3O4/c24-17-12-15(4-5-16(17)23(25,26)27)28-22(32)29-18(13-30-7-1-2-8-30)21(31)14-3-6-19-20(11-14)34-10-9-33-19/h3-6,11-12,18,21,31H,1-2,7-10,13H2,(H2,28,29,32). The van der Waals surface area contributed by atoms with Gasteiger partial charge in [-0.25, -0.2) is 9.18 Å². The zero-order chi connectivity index (χ0) is 24.3. The van der Waals surface area contributed by atoms with E-state index in [4.69, 9.17) is 9.47 Å². The fraction of sp³-hybridized carbons (Fsp3) is 0.435. The fourth-order valence-corrected chi connectivity index (χ4v) is 4.10. The van der Waals surface area contributed by atoms with E-state index in [0.29, 0.717) is 49.0 Å². The highest BCUT2D eigenvalue weighted by Gasteiger charge is 2.34. The van der Waals surface area contributed by atoms with Crippen LogP contribution in [0.5, 0.6) is 11.5 Å². The van der Waals surface area contributed by atoms with Crippen molar-refractivity contribution in [2.24, 2.45) is 0 Å². The van der Waals surface area contributed by atoms with Crippen molar-refractivity contribution in [1.82, 2.24) is 10.2 Å². The van der Waals surface area contributed by atoms with E-state index in [2.05, 4.69) is 15.5 Å². The maximum Gasteiger partial charge on any atom is 0.419 e. The summed E-state index contributed by atoms with van der Waals surface area (Å²) in [7, 11) is 0. The summed E-state index contributed by atoms with van der Waals surface area (Å²) in [6.07, 6.45) is -3.93. The van der Waals surface area contributed by atoms with Crippen molar-refractivity contribution in [1.29, 1.82) is 0 Å². The number of nitrogens with one attached hydrogen (secondary N) is 2. The van der Waals surface area contributed by atoms with E-state index in [1.165, 1.54) is 0 Å². The van der Waals surface area contributed by atoms with Crippen LogP contribution in [-0.2, 0) is 6.18 Å². The number of ether oxygens (including phenoxy) is 2. The van der Waals surface area contributed by atoms with E-state index in [-0.39, 0.29) is 5.69 Å². The summed E-state index contributed by atoms with van der Waals surface area (Å²) < 4.78 is 63.3. The lowest BCUT2D eigenvalue weighted by atomic mass is 10.0. The van der Waals surface area contributed by atoms with Gasteiger partial charge in [0.1, 0.15) is 25.1 Å². The number of halogens is 4. The van der Waals surface area contributed by atoms with Crippen LogP contribution in [-0.4, -0.2) is 54.9 Å². The van der Waals surface area contributed by atoms with E-state index < -0.39 is 35.7 Å². The van der Waals surface area contributed by atoms with Crippen LogP contribution in [0.2, 0.25) is 0 Å².